The van der Waals surface area contributed by atoms with Gasteiger partial charge < -0.3 is 21.2 Å². The van der Waals surface area contributed by atoms with Crippen LogP contribution in [0.1, 0.15) is 22.4 Å². The Bertz CT molecular complexity index is 1940. The highest BCUT2D eigenvalue weighted by molar-refractivity contribution is 6.16. The molecule has 6 aromatic rings. The van der Waals surface area contributed by atoms with Gasteiger partial charge in [-0.25, -0.2) is 15.0 Å². The minimum absolute atomic E-state index is 0.100. The maximum Gasteiger partial charge on any atom is 0.263 e. The summed E-state index contributed by atoms with van der Waals surface area (Å²) in [4.78, 5) is 26.5. The Labute approximate surface area is 223 Å². The number of aromatic nitrogens is 5. The van der Waals surface area contributed by atoms with Crippen LogP contribution < -0.4 is 22.3 Å². The fourth-order valence-corrected chi connectivity index (χ4v) is 4.84. The first-order valence-corrected chi connectivity index (χ1v) is 12.3. The molecule has 0 unspecified atom stereocenters. The number of nitrogens with zero attached hydrogens (tertiary/aromatic N) is 5. The van der Waals surface area contributed by atoms with Crippen molar-refractivity contribution >= 4 is 39.6 Å². The number of pyridine rings is 2. The zero-order chi connectivity index (χ0) is 27.1. The Balaban J connectivity index is 1.42. The summed E-state index contributed by atoms with van der Waals surface area (Å²) in [5.41, 5.74) is 16.1. The van der Waals surface area contributed by atoms with E-state index in [9.17, 15) is 4.79 Å². The Hall–Kier alpha value is -5.51. The number of nitrogens with one attached hydrogen (secondary N) is 2. The van der Waals surface area contributed by atoms with Gasteiger partial charge in [0.1, 0.15) is 29.4 Å². The first kappa shape index (κ1) is 23.9. The number of hydrogen-bond donors (Lipinski definition) is 4. The predicted octanol–water partition coefficient (Wildman–Crippen LogP) is 3.93. The normalized spacial score (nSPS) is 11.2. The summed E-state index contributed by atoms with van der Waals surface area (Å²) in [5, 5.41) is 13.8. The van der Waals surface area contributed by atoms with E-state index in [0.29, 0.717) is 33.8 Å². The Morgan fingerprint density at radius 3 is 2.64 bits per heavy atom. The number of para-hydroxylation sites is 1. The van der Waals surface area contributed by atoms with Crippen molar-refractivity contribution in [1.82, 2.24) is 23.9 Å². The van der Waals surface area contributed by atoms with Crippen molar-refractivity contribution in [3.05, 3.63) is 118 Å². The van der Waals surface area contributed by atoms with Crippen LogP contribution in [0, 0.1) is 12.3 Å². The molecule has 6 rings (SSSR count). The van der Waals surface area contributed by atoms with Crippen LogP contribution in [0.25, 0.3) is 22.1 Å². The summed E-state index contributed by atoms with van der Waals surface area (Å²) in [6.45, 7) is 2.19. The lowest BCUT2D eigenvalue weighted by atomic mass is 10.0. The van der Waals surface area contributed by atoms with Crippen LogP contribution in [-0.2, 0) is 6.54 Å². The summed E-state index contributed by atoms with van der Waals surface area (Å²) in [5.74, 6) is 0.935. The monoisotopic (exact) mass is 515 g/mol. The Kier molecular flexibility index (Phi) is 5.76. The molecule has 39 heavy (non-hydrogen) atoms. The number of aryl methyl sites for hydroxylation is 1. The highest BCUT2D eigenvalue weighted by atomic mass is 16.1. The van der Waals surface area contributed by atoms with E-state index in [1.165, 1.54) is 6.33 Å². The fraction of sp³-hybridized carbons (Fsp3) is 0.0690. The van der Waals surface area contributed by atoms with E-state index in [-0.39, 0.29) is 23.6 Å². The van der Waals surface area contributed by atoms with E-state index in [0.717, 1.165) is 22.3 Å². The average molecular weight is 516 g/mol. The number of imidazole rings is 1. The van der Waals surface area contributed by atoms with E-state index in [2.05, 4.69) is 20.3 Å². The molecule has 192 valence electrons. The molecule has 6 N–H and O–H groups in total. The van der Waals surface area contributed by atoms with Crippen molar-refractivity contribution in [3.8, 4) is 5.69 Å². The molecule has 10 nitrogen and oxygen atoms in total. The van der Waals surface area contributed by atoms with Crippen LogP contribution in [0.3, 0.4) is 0 Å². The lowest BCUT2D eigenvalue weighted by Crippen LogP contribution is -2.24. The predicted molar refractivity (Wildman–Crippen MR) is 154 cm³/mol. The van der Waals surface area contributed by atoms with Gasteiger partial charge in [-0.1, -0.05) is 36.4 Å². The first-order chi connectivity index (χ1) is 18.9. The number of nitrogen functional groups attached to an aromatic ring is 2. The standard InChI is InChI=1S/C29H25N9O/c1-17-6-5-7-18-12-21(38(29(39)24(17)18)20-8-3-2-4-9-20)13-33-28-25(27(32)34-16-35-28)26(31)19-10-11-23-36-22(30)15-37(23)14-19/h2-12,14-16,31H,13,30H2,1H3,(H3,32,33,34,35). The summed E-state index contributed by atoms with van der Waals surface area (Å²) >= 11 is 0. The molecule has 2 aromatic carbocycles. The third kappa shape index (κ3) is 4.23. The van der Waals surface area contributed by atoms with Gasteiger partial charge in [0.25, 0.3) is 5.56 Å². The summed E-state index contributed by atoms with van der Waals surface area (Å²) in [6, 6.07) is 20.9. The molecule has 0 saturated carbocycles. The van der Waals surface area contributed by atoms with Crippen LogP contribution in [0.4, 0.5) is 17.5 Å². The molecule has 0 saturated heterocycles. The molecule has 0 fully saturated rings. The fourth-order valence-electron chi connectivity index (χ4n) is 4.84. The highest BCUT2D eigenvalue weighted by Crippen LogP contribution is 2.24. The van der Waals surface area contributed by atoms with E-state index in [4.69, 9.17) is 16.9 Å². The Morgan fingerprint density at radius 2 is 1.82 bits per heavy atom. The molecule has 10 heteroatoms. The second-order valence-electron chi connectivity index (χ2n) is 9.21. The maximum absolute atomic E-state index is 13.7. The smallest absolute Gasteiger partial charge is 0.263 e. The summed E-state index contributed by atoms with van der Waals surface area (Å²) in [6.07, 6.45) is 4.79. The highest BCUT2D eigenvalue weighted by Gasteiger charge is 2.18. The van der Waals surface area contributed by atoms with Gasteiger partial charge in [-0.2, -0.15) is 0 Å². The second kappa shape index (κ2) is 9.42. The van der Waals surface area contributed by atoms with Crippen molar-refractivity contribution < 1.29 is 0 Å². The molecule has 0 aliphatic carbocycles. The molecule has 0 aliphatic rings. The van der Waals surface area contributed by atoms with Gasteiger partial charge in [0.05, 0.1) is 29.4 Å². The molecular weight excluding hydrogens is 490 g/mol. The zero-order valence-electron chi connectivity index (χ0n) is 21.1. The molecule has 0 bridgehead atoms. The molecule has 0 radical (unpaired) electrons. The van der Waals surface area contributed by atoms with Crippen molar-refractivity contribution in [2.45, 2.75) is 13.5 Å². The van der Waals surface area contributed by atoms with E-state index in [1.54, 1.807) is 33.5 Å². The molecule has 0 spiro atoms. The molecule has 0 atom stereocenters. The Morgan fingerprint density at radius 1 is 1.00 bits per heavy atom. The van der Waals surface area contributed by atoms with Gasteiger partial charge >= 0.3 is 0 Å². The molecule has 0 amide bonds. The van der Waals surface area contributed by atoms with Gasteiger partial charge in [-0.15, -0.1) is 0 Å². The van der Waals surface area contributed by atoms with Crippen LogP contribution in [0.15, 0.2) is 90.2 Å². The van der Waals surface area contributed by atoms with E-state index >= 15 is 0 Å². The topological polar surface area (TPSA) is 153 Å². The van der Waals surface area contributed by atoms with Gasteiger partial charge in [-0.05, 0) is 48.2 Å². The lowest BCUT2D eigenvalue weighted by Gasteiger charge is -2.18. The van der Waals surface area contributed by atoms with Crippen molar-refractivity contribution in [2.75, 3.05) is 16.8 Å². The molecule has 0 aliphatic heterocycles. The number of fused-ring (bicyclic) bond motifs is 2. The van der Waals surface area contributed by atoms with Crippen LogP contribution in [-0.4, -0.2) is 29.6 Å². The maximum atomic E-state index is 13.7. The summed E-state index contributed by atoms with van der Waals surface area (Å²) < 4.78 is 3.46. The number of hydrogen-bond acceptors (Lipinski definition) is 8. The molecular formula is C29H25N9O. The average Bonchev–Trinajstić information content (AvgIpc) is 3.31. The van der Waals surface area contributed by atoms with Gasteiger partial charge in [-0.3, -0.25) is 14.8 Å². The number of anilines is 3. The minimum Gasteiger partial charge on any atom is -0.383 e. The number of benzene rings is 2. The molecule has 4 aromatic heterocycles. The van der Waals surface area contributed by atoms with E-state index in [1.807, 2.05) is 61.5 Å². The minimum atomic E-state index is -0.100. The van der Waals surface area contributed by atoms with Crippen molar-refractivity contribution in [2.24, 2.45) is 0 Å². The van der Waals surface area contributed by atoms with Crippen LogP contribution in [0.5, 0.6) is 0 Å². The number of rotatable bonds is 6. The second-order valence-corrected chi connectivity index (χ2v) is 9.21. The SMILES string of the molecule is Cc1cccc2cc(CNc3ncnc(N)c3C(=N)c3ccc4nc(N)cn4c3)n(-c3ccccc3)c(=O)c12. The summed E-state index contributed by atoms with van der Waals surface area (Å²) in [7, 11) is 0. The van der Waals surface area contributed by atoms with E-state index < -0.39 is 0 Å². The van der Waals surface area contributed by atoms with Crippen molar-refractivity contribution in [3.63, 3.8) is 0 Å². The van der Waals surface area contributed by atoms with Crippen molar-refractivity contribution in [1.29, 1.82) is 5.41 Å². The first-order valence-electron chi connectivity index (χ1n) is 12.3. The lowest BCUT2D eigenvalue weighted by molar-refractivity contribution is 0.889. The van der Waals surface area contributed by atoms with Crippen LogP contribution >= 0.6 is 0 Å². The quantitative estimate of drug-likeness (QED) is 0.245. The third-order valence-corrected chi connectivity index (χ3v) is 6.67. The third-order valence-electron chi connectivity index (χ3n) is 6.67. The number of nitrogens with two attached hydrogens (primary N) is 2. The van der Waals surface area contributed by atoms with Crippen LogP contribution in [0.2, 0.25) is 0 Å². The zero-order valence-corrected chi connectivity index (χ0v) is 21.1. The largest absolute Gasteiger partial charge is 0.383 e. The van der Waals surface area contributed by atoms with Gasteiger partial charge in [0, 0.05) is 23.1 Å². The van der Waals surface area contributed by atoms with Gasteiger partial charge in [0.15, 0.2) is 0 Å². The molecule has 4 heterocycles. The van der Waals surface area contributed by atoms with Gasteiger partial charge in [0.2, 0.25) is 0 Å².